The molecule has 78 valence electrons. The predicted molar refractivity (Wildman–Crippen MR) is 59.8 cm³/mol. The third-order valence-corrected chi connectivity index (χ3v) is 3.14. The van der Waals surface area contributed by atoms with Gasteiger partial charge in [-0.15, -0.1) is 0 Å². The minimum atomic E-state index is -0.788. The van der Waals surface area contributed by atoms with Gasteiger partial charge < -0.3 is 5.11 Å². The first-order valence-corrected chi connectivity index (χ1v) is 5.65. The summed E-state index contributed by atoms with van der Waals surface area (Å²) in [5, 5.41) is 13.9. The summed E-state index contributed by atoms with van der Waals surface area (Å²) in [6.07, 6.45) is -0.788. The van der Waals surface area contributed by atoms with E-state index < -0.39 is 11.9 Å². The standard InChI is InChI=1S/C11H8ClFOS/c12-10-5-8(13)1-2-9(10)11(14)7-3-4-15-6-7/h1-6,11,14H. The van der Waals surface area contributed by atoms with Crippen molar-refractivity contribution in [1.29, 1.82) is 0 Å². The Balaban J connectivity index is 2.38. The molecule has 2 aromatic rings. The molecule has 1 N–H and O–H groups in total. The molecule has 0 spiro atoms. The topological polar surface area (TPSA) is 20.2 Å². The Morgan fingerprint density at radius 2 is 2.13 bits per heavy atom. The highest BCUT2D eigenvalue weighted by Crippen LogP contribution is 2.29. The summed E-state index contributed by atoms with van der Waals surface area (Å²) in [7, 11) is 0. The number of halogens is 2. The molecule has 0 amide bonds. The second-order valence-electron chi connectivity index (χ2n) is 3.13. The molecule has 0 radical (unpaired) electrons. The molecular formula is C11H8ClFOS. The zero-order chi connectivity index (χ0) is 10.8. The van der Waals surface area contributed by atoms with Gasteiger partial charge in [-0.1, -0.05) is 17.7 Å². The number of aliphatic hydroxyl groups is 1. The average Bonchev–Trinajstić information content (AvgIpc) is 2.69. The van der Waals surface area contributed by atoms with Gasteiger partial charge in [-0.3, -0.25) is 0 Å². The van der Waals surface area contributed by atoms with Crippen LogP contribution in [0.4, 0.5) is 4.39 Å². The molecule has 0 aliphatic rings. The fourth-order valence-electron chi connectivity index (χ4n) is 1.33. The van der Waals surface area contributed by atoms with Gasteiger partial charge in [-0.25, -0.2) is 4.39 Å². The maximum Gasteiger partial charge on any atom is 0.124 e. The van der Waals surface area contributed by atoms with Crippen molar-refractivity contribution < 1.29 is 9.50 Å². The van der Waals surface area contributed by atoms with E-state index in [1.165, 1.54) is 29.5 Å². The molecule has 15 heavy (non-hydrogen) atoms. The van der Waals surface area contributed by atoms with Gasteiger partial charge in [-0.05, 0) is 34.5 Å². The van der Waals surface area contributed by atoms with Crippen LogP contribution in [0, 0.1) is 5.82 Å². The van der Waals surface area contributed by atoms with Gasteiger partial charge in [0.15, 0.2) is 0 Å². The van der Waals surface area contributed by atoms with Crippen molar-refractivity contribution in [2.24, 2.45) is 0 Å². The number of rotatable bonds is 2. The van der Waals surface area contributed by atoms with Crippen molar-refractivity contribution in [3.63, 3.8) is 0 Å². The summed E-state index contributed by atoms with van der Waals surface area (Å²) < 4.78 is 12.8. The van der Waals surface area contributed by atoms with Crippen LogP contribution in [0.5, 0.6) is 0 Å². The highest BCUT2D eigenvalue weighted by Gasteiger charge is 2.14. The Morgan fingerprint density at radius 1 is 1.33 bits per heavy atom. The number of aliphatic hydroxyl groups excluding tert-OH is 1. The summed E-state index contributed by atoms with van der Waals surface area (Å²) in [4.78, 5) is 0. The molecule has 0 aliphatic heterocycles. The molecule has 0 bridgehead atoms. The summed E-state index contributed by atoms with van der Waals surface area (Å²) in [6, 6.07) is 5.80. The van der Waals surface area contributed by atoms with E-state index in [1.807, 2.05) is 16.8 Å². The molecule has 1 unspecified atom stereocenters. The third kappa shape index (κ3) is 2.20. The first-order chi connectivity index (χ1) is 7.18. The zero-order valence-corrected chi connectivity index (χ0v) is 9.23. The molecule has 1 nitrogen and oxygen atoms in total. The molecule has 0 fully saturated rings. The largest absolute Gasteiger partial charge is 0.384 e. The van der Waals surface area contributed by atoms with Crippen molar-refractivity contribution in [3.8, 4) is 0 Å². The van der Waals surface area contributed by atoms with Crippen LogP contribution in [-0.2, 0) is 0 Å². The van der Waals surface area contributed by atoms with Gasteiger partial charge in [-0.2, -0.15) is 11.3 Å². The molecule has 1 heterocycles. The molecule has 0 aliphatic carbocycles. The van der Waals surface area contributed by atoms with Gasteiger partial charge >= 0.3 is 0 Å². The molecular weight excluding hydrogens is 235 g/mol. The monoisotopic (exact) mass is 242 g/mol. The lowest BCUT2D eigenvalue weighted by Crippen LogP contribution is -1.99. The van der Waals surface area contributed by atoms with Gasteiger partial charge in [0.05, 0.1) is 0 Å². The summed E-state index contributed by atoms with van der Waals surface area (Å²) in [5.74, 6) is -0.402. The van der Waals surface area contributed by atoms with Crippen LogP contribution < -0.4 is 0 Å². The first kappa shape index (κ1) is 10.6. The van der Waals surface area contributed by atoms with E-state index in [0.29, 0.717) is 5.56 Å². The molecule has 1 aromatic heterocycles. The molecule has 1 aromatic carbocycles. The van der Waals surface area contributed by atoms with E-state index in [1.54, 1.807) is 0 Å². The van der Waals surface area contributed by atoms with Crippen molar-refractivity contribution in [2.45, 2.75) is 6.10 Å². The smallest absolute Gasteiger partial charge is 0.124 e. The summed E-state index contributed by atoms with van der Waals surface area (Å²) in [6.45, 7) is 0. The van der Waals surface area contributed by atoms with Crippen molar-refractivity contribution in [2.75, 3.05) is 0 Å². The highest BCUT2D eigenvalue weighted by atomic mass is 35.5. The van der Waals surface area contributed by atoms with Crippen LogP contribution in [0.15, 0.2) is 35.0 Å². The van der Waals surface area contributed by atoms with Crippen molar-refractivity contribution in [3.05, 3.63) is 57.0 Å². The van der Waals surface area contributed by atoms with E-state index in [0.717, 1.165) is 5.56 Å². The number of thiophene rings is 1. The quantitative estimate of drug-likeness (QED) is 0.853. The van der Waals surface area contributed by atoms with E-state index in [9.17, 15) is 9.50 Å². The Labute approximate surface area is 95.8 Å². The van der Waals surface area contributed by atoms with Crippen LogP contribution in [0.3, 0.4) is 0 Å². The normalized spacial score (nSPS) is 12.7. The zero-order valence-electron chi connectivity index (χ0n) is 7.65. The van der Waals surface area contributed by atoms with Gasteiger partial charge in [0.25, 0.3) is 0 Å². The molecule has 2 rings (SSSR count). The van der Waals surface area contributed by atoms with E-state index in [-0.39, 0.29) is 5.02 Å². The van der Waals surface area contributed by atoms with Crippen LogP contribution in [0.2, 0.25) is 5.02 Å². The SMILES string of the molecule is OC(c1ccsc1)c1ccc(F)cc1Cl. The lowest BCUT2D eigenvalue weighted by Gasteiger charge is -2.10. The lowest BCUT2D eigenvalue weighted by molar-refractivity contribution is 0.221. The fraction of sp³-hybridized carbons (Fsp3) is 0.0909. The highest BCUT2D eigenvalue weighted by molar-refractivity contribution is 7.07. The molecule has 1 atom stereocenters. The minimum absolute atomic E-state index is 0.244. The molecule has 0 saturated carbocycles. The van der Waals surface area contributed by atoms with E-state index in [2.05, 4.69) is 0 Å². The summed E-state index contributed by atoms with van der Waals surface area (Å²) >= 11 is 7.34. The second-order valence-corrected chi connectivity index (χ2v) is 4.31. The fourth-order valence-corrected chi connectivity index (χ4v) is 2.28. The number of hydrogen-bond acceptors (Lipinski definition) is 2. The first-order valence-electron chi connectivity index (χ1n) is 4.33. The maximum absolute atomic E-state index is 12.8. The van der Waals surface area contributed by atoms with Gasteiger partial charge in [0, 0.05) is 10.6 Å². The van der Waals surface area contributed by atoms with Crippen LogP contribution in [0.25, 0.3) is 0 Å². The van der Waals surface area contributed by atoms with E-state index in [4.69, 9.17) is 11.6 Å². The summed E-state index contributed by atoms with van der Waals surface area (Å²) in [5.41, 5.74) is 1.30. The number of hydrogen-bond donors (Lipinski definition) is 1. The van der Waals surface area contributed by atoms with Crippen LogP contribution in [-0.4, -0.2) is 5.11 Å². The van der Waals surface area contributed by atoms with Crippen LogP contribution >= 0.6 is 22.9 Å². The second kappa shape index (κ2) is 4.31. The minimum Gasteiger partial charge on any atom is -0.384 e. The van der Waals surface area contributed by atoms with Crippen molar-refractivity contribution >= 4 is 22.9 Å². The Kier molecular flexibility index (Phi) is 3.05. The number of benzene rings is 1. The van der Waals surface area contributed by atoms with Gasteiger partial charge in [0.2, 0.25) is 0 Å². The van der Waals surface area contributed by atoms with E-state index >= 15 is 0 Å². The molecule has 0 saturated heterocycles. The Hall–Kier alpha value is -0.900. The average molecular weight is 243 g/mol. The molecule has 4 heteroatoms. The third-order valence-electron chi connectivity index (χ3n) is 2.12. The maximum atomic E-state index is 12.8. The van der Waals surface area contributed by atoms with Crippen LogP contribution in [0.1, 0.15) is 17.2 Å². The van der Waals surface area contributed by atoms with Gasteiger partial charge in [0.1, 0.15) is 11.9 Å². The predicted octanol–water partition coefficient (Wildman–Crippen LogP) is 3.62. The Bertz CT molecular complexity index is 456. The lowest BCUT2D eigenvalue weighted by atomic mass is 10.0. The Morgan fingerprint density at radius 3 is 2.73 bits per heavy atom. The van der Waals surface area contributed by atoms with Crippen molar-refractivity contribution in [1.82, 2.24) is 0 Å².